The lowest BCUT2D eigenvalue weighted by atomic mass is 10.2. The molecule has 2 aromatic heterocycles. The number of carbonyl (C=O) groups excluding carboxylic acids is 1. The van der Waals surface area contributed by atoms with Gasteiger partial charge in [0.25, 0.3) is 0 Å². The van der Waals surface area contributed by atoms with E-state index in [1.165, 1.54) is 0 Å². The highest BCUT2D eigenvalue weighted by Gasteiger charge is 2.27. The fourth-order valence-corrected chi connectivity index (χ4v) is 2.47. The molecule has 1 amide bonds. The Kier molecular flexibility index (Phi) is 4.45. The summed E-state index contributed by atoms with van der Waals surface area (Å²) in [6.45, 7) is 8.98. The molecule has 3 heterocycles. The number of amides is 1. The van der Waals surface area contributed by atoms with Crippen LogP contribution in [0.25, 0.3) is 0 Å². The number of rotatable bonds is 0. The van der Waals surface area contributed by atoms with Gasteiger partial charge < -0.3 is 9.30 Å². The van der Waals surface area contributed by atoms with Gasteiger partial charge in [0, 0.05) is 18.8 Å². The maximum atomic E-state index is 12.2. The first-order valence-electron chi connectivity index (χ1n) is 8.17. The molecule has 7 heteroatoms. The maximum Gasteiger partial charge on any atom is 0.410 e. The SMILES string of the molecule is Cc1cccc(C#Cc2nnc3n2CCN(C(=O)OC(C)(C)C)C3)n1. The number of carbonyl (C=O) groups is 1. The Hall–Kier alpha value is -2.88. The third kappa shape index (κ3) is 4.15. The van der Waals surface area contributed by atoms with Crippen LogP contribution in [0.4, 0.5) is 4.79 Å². The van der Waals surface area contributed by atoms with Crippen molar-refractivity contribution in [1.29, 1.82) is 0 Å². The summed E-state index contributed by atoms with van der Waals surface area (Å²) in [5, 5.41) is 8.29. The van der Waals surface area contributed by atoms with Gasteiger partial charge in [0.05, 0.1) is 6.54 Å². The molecular weight excluding hydrogens is 318 g/mol. The van der Waals surface area contributed by atoms with Crippen LogP contribution in [0.5, 0.6) is 0 Å². The Bertz CT molecular complexity index is 854. The van der Waals surface area contributed by atoms with E-state index in [-0.39, 0.29) is 6.09 Å². The van der Waals surface area contributed by atoms with Gasteiger partial charge in [0.1, 0.15) is 11.3 Å². The lowest BCUT2D eigenvalue weighted by Crippen LogP contribution is -2.41. The van der Waals surface area contributed by atoms with E-state index in [1.807, 2.05) is 50.5 Å². The average Bonchev–Trinajstić information content (AvgIpc) is 2.93. The highest BCUT2D eigenvalue weighted by molar-refractivity contribution is 5.68. The number of aryl methyl sites for hydroxylation is 1. The first-order valence-corrected chi connectivity index (χ1v) is 8.17. The van der Waals surface area contributed by atoms with Crippen molar-refractivity contribution in [2.75, 3.05) is 6.54 Å². The zero-order valence-electron chi connectivity index (χ0n) is 14.9. The molecule has 0 fully saturated rings. The predicted molar refractivity (Wildman–Crippen MR) is 91.6 cm³/mol. The summed E-state index contributed by atoms with van der Waals surface area (Å²) in [6.07, 6.45) is -0.335. The molecule has 0 aromatic carbocycles. The average molecular weight is 339 g/mol. The Morgan fingerprint density at radius 1 is 1.20 bits per heavy atom. The summed E-state index contributed by atoms with van der Waals surface area (Å²) >= 11 is 0. The molecule has 0 aliphatic carbocycles. The summed E-state index contributed by atoms with van der Waals surface area (Å²) in [5.41, 5.74) is 1.10. The predicted octanol–water partition coefficient (Wildman–Crippen LogP) is 2.13. The van der Waals surface area contributed by atoms with Gasteiger partial charge in [-0.15, -0.1) is 10.2 Å². The zero-order chi connectivity index (χ0) is 18.0. The second-order valence-electron chi connectivity index (χ2n) is 6.91. The first kappa shape index (κ1) is 17.0. The second kappa shape index (κ2) is 6.55. The van der Waals surface area contributed by atoms with Gasteiger partial charge in [-0.25, -0.2) is 9.78 Å². The highest BCUT2D eigenvalue weighted by Crippen LogP contribution is 2.16. The molecule has 0 spiro atoms. The molecular formula is C18H21N5O2. The number of hydrogen-bond donors (Lipinski definition) is 0. The quantitative estimate of drug-likeness (QED) is 0.688. The fraction of sp³-hybridized carbons (Fsp3) is 0.444. The molecule has 0 radical (unpaired) electrons. The van der Waals surface area contributed by atoms with Crippen molar-refractivity contribution in [3.05, 3.63) is 41.2 Å². The summed E-state index contributed by atoms with van der Waals surface area (Å²) < 4.78 is 7.34. The number of hydrogen-bond acceptors (Lipinski definition) is 5. The third-order valence-electron chi connectivity index (χ3n) is 3.60. The standard InChI is InChI=1S/C18H21N5O2/c1-13-6-5-7-14(19-13)8-9-15-20-21-16-12-22(10-11-23(15)16)17(24)25-18(2,3)4/h5-7H,10-12H2,1-4H3. The number of pyridine rings is 1. The van der Waals surface area contributed by atoms with Gasteiger partial charge in [-0.3, -0.25) is 4.90 Å². The van der Waals surface area contributed by atoms with E-state index in [0.29, 0.717) is 37.0 Å². The monoisotopic (exact) mass is 339 g/mol. The van der Waals surface area contributed by atoms with Crippen LogP contribution in [0, 0.1) is 18.8 Å². The minimum Gasteiger partial charge on any atom is -0.444 e. The molecule has 1 aliphatic rings. The molecule has 25 heavy (non-hydrogen) atoms. The van der Waals surface area contributed by atoms with Crippen molar-refractivity contribution in [2.45, 2.75) is 46.4 Å². The van der Waals surface area contributed by atoms with Crippen molar-refractivity contribution >= 4 is 6.09 Å². The van der Waals surface area contributed by atoms with Crippen LogP contribution in [0.1, 0.15) is 43.8 Å². The largest absolute Gasteiger partial charge is 0.444 e. The summed E-state index contributed by atoms with van der Waals surface area (Å²) in [5.74, 6) is 7.33. The molecule has 0 saturated carbocycles. The van der Waals surface area contributed by atoms with Crippen molar-refractivity contribution in [3.63, 3.8) is 0 Å². The van der Waals surface area contributed by atoms with Crippen molar-refractivity contribution in [2.24, 2.45) is 0 Å². The molecule has 3 rings (SSSR count). The van der Waals surface area contributed by atoms with Crippen LogP contribution < -0.4 is 0 Å². The summed E-state index contributed by atoms with van der Waals surface area (Å²) in [7, 11) is 0. The lowest BCUT2D eigenvalue weighted by Gasteiger charge is -2.30. The van der Waals surface area contributed by atoms with Gasteiger partial charge in [-0.2, -0.15) is 0 Å². The topological polar surface area (TPSA) is 73.1 Å². The minimum atomic E-state index is -0.514. The molecule has 0 atom stereocenters. The molecule has 0 saturated heterocycles. The van der Waals surface area contributed by atoms with E-state index in [0.717, 1.165) is 5.69 Å². The minimum absolute atomic E-state index is 0.335. The zero-order valence-corrected chi connectivity index (χ0v) is 14.9. The normalized spacial score (nSPS) is 13.7. The highest BCUT2D eigenvalue weighted by atomic mass is 16.6. The van der Waals surface area contributed by atoms with Crippen molar-refractivity contribution in [3.8, 4) is 11.8 Å². The number of ether oxygens (including phenoxy) is 1. The van der Waals surface area contributed by atoms with Gasteiger partial charge >= 0.3 is 6.09 Å². The summed E-state index contributed by atoms with van der Waals surface area (Å²) in [6, 6.07) is 5.71. The molecule has 2 aromatic rings. The molecule has 0 N–H and O–H groups in total. The third-order valence-corrected chi connectivity index (χ3v) is 3.60. The van der Waals surface area contributed by atoms with Crippen LogP contribution in [0.3, 0.4) is 0 Å². The van der Waals surface area contributed by atoms with E-state index in [9.17, 15) is 4.79 Å². The van der Waals surface area contributed by atoms with E-state index in [2.05, 4.69) is 27.0 Å². The molecule has 0 bridgehead atoms. The molecule has 7 nitrogen and oxygen atoms in total. The Balaban J connectivity index is 1.74. The van der Waals surface area contributed by atoms with Crippen LogP contribution in [-0.4, -0.2) is 42.9 Å². The smallest absolute Gasteiger partial charge is 0.410 e. The Morgan fingerprint density at radius 2 is 2.00 bits per heavy atom. The number of fused-ring (bicyclic) bond motifs is 1. The first-order chi connectivity index (χ1) is 11.8. The maximum absolute atomic E-state index is 12.2. The van der Waals surface area contributed by atoms with E-state index in [4.69, 9.17) is 4.74 Å². The van der Waals surface area contributed by atoms with Gasteiger partial charge in [0.15, 0.2) is 5.82 Å². The Labute approximate surface area is 147 Å². The van der Waals surface area contributed by atoms with Crippen molar-refractivity contribution < 1.29 is 9.53 Å². The lowest BCUT2D eigenvalue weighted by molar-refractivity contribution is 0.0195. The van der Waals surface area contributed by atoms with Gasteiger partial charge in [-0.1, -0.05) is 6.07 Å². The molecule has 1 aliphatic heterocycles. The van der Waals surface area contributed by atoms with Gasteiger partial charge in [0.2, 0.25) is 5.82 Å². The van der Waals surface area contributed by atoms with E-state index >= 15 is 0 Å². The van der Waals surface area contributed by atoms with Crippen LogP contribution in [0.15, 0.2) is 18.2 Å². The number of aromatic nitrogens is 4. The second-order valence-corrected chi connectivity index (χ2v) is 6.91. The van der Waals surface area contributed by atoms with Gasteiger partial charge in [-0.05, 0) is 51.7 Å². The van der Waals surface area contributed by atoms with E-state index in [1.54, 1.807) is 4.90 Å². The molecule has 130 valence electrons. The van der Waals surface area contributed by atoms with Crippen LogP contribution in [0.2, 0.25) is 0 Å². The van der Waals surface area contributed by atoms with Crippen LogP contribution >= 0.6 is 0 Å². The summed E-state index contributed by atoms with van der Waals surface area (Å²) in [4.78, 5) is 18.2. The fourth-order valence-electron chi connectivity index (χ4n) is 2.47. The number of nitrogens with zero attached hydrogens (tertiary/aromatic N) is 5. The van der Waals surface area contributed by atoms with Crippen molar-refractivity contribution in [1.82, 2.24) is 24.6 Å². The Morgan fingerprint density at radius 3 is 2.72 bits per heavy atom. The van der Waals surface area contributed by atoms with E-state index < -0.39 is 5.60 Å². The molecule has 0 unspecified atom stereocenters. The van der Waals surface area contributed by atoms with Crippen LogP contribution in [-0.2, 0) is 17.8 Å².